The molecule has 3 heteroatoms. The molecule has 1 N–H and O–H groups in total. The molecular formula is C11H20N2O. The molecule has 2 fully saturated rings. The summed E-state index contributed by atoms with van der Waals surface area (Å²) in [5.41, 5.74) is 0. The van der Waals surface area contributed by atoms with Gasteiger partial charge in [0.25, 0.3) is 0 Å². The van der Waals surface area contributed by atoms with Crippen LogP contribution in [0.15, 0.2) is 0 Å². The zero-order chi connectivity index (χ0) is 10.1. The zero-order valence-corrected chi connectivity index (χ0v) is 9.12. The van der Waals surface area contributed by atoms with Crippen LogP contribution >= 0.6 is 0 Å². The summed E-state index contributed by atoms with van der Waals surface area (Å²) >= 11 is 0. The van der Waals surface area contributed by atoms with Crippen molar-refractivity contribution in [1.29, 1.82) is 0 Å². The Hall–Kier alpha value is -0.570. The molecule has 0 aliphatic carbocycles. The molecule has 2 rings (SSSR count). The lowest BCUT2D eigenvalue weighted by Crippen LogP contribution is -2.39. The molecule has 2 aliphatic rings. The van der Waals surface area contributed by atoms with Crippen molar-refractivity contribution in [2.75, 3.05) is 19.6 Å². The van der Waals surface area contributed by atoms with Crippen LogP contribution in [0.25, 0.3) is 0 Å². The minimum Gasteiger partial charge on any atom is -0.338 e. The maximum absolute atomic E-state index is 11.9. The first kappa shape index (κ1) is 9.97. The highest BCUT2D eigenvalue weighted by atomic mass is 16.2. The van der Waals surface area contributed by atoms with Crippen LogP contribution in [0.2, 0.25) is 0 Å². The third kappa shape index (κ3) is 1.78. The molecule has 2 unspecified atom stereocenters. The lowest BCUT2D eigenvalue weighted by Gasteiger charge is -2.24. The Kier molecular flexibility index (Phi) is 2.77. The second-order valence-corrected chi connectivity index (χ2v) is 4.96. The molecule has 0 spiro atoms. The van der Waals surface area contributed by atoms with Gasteiger partial charge >= 0.3 is 0 Å². The largest absolute Gasteiger partial charge is 0.338 e. The Labute approximate surface area is 85.8 Å². The van der Waals surface area contributed by atoms with E-state index in [1.807, 2.05) is 0 Å². The van der Waals surface area contributed by atoms with Gasteiger partial charge in [-0.1, -0.05) is 13.8 Å². The van der Waals surface area contributed by atoms with Gasteiger partial charge in [0.15, 0.2) is 0 Å². The van der Waals surface area contributed by atoms with Crippen LogP contribution in [0.1, 0.15) is 26.7 Å². The van der Waals surface area contributed by atoms with Gasteiger partial charge in [-0.25, -0.2) is 0 Å². The number of carbonyl (C=O) groups is 1. The Bertz CT molecular complexity index is 227. The Balaban J connectivity index is 1.94. The van der Waals surface area contributed by atoms with Crippen molar-refractivity contribution in [2.24, 2.45) is 11.8 Å². The van der Waals surface area contributed by atoms with Crippen LogP contribution in [0, 0.1) is 11.8 Å². The minimum atomic E-state index is 0.358. The number of carbonyl (C=O) groups excluding carboxylic acids is 1. The average molecular weight is 196 g/mol. The maximum atomic E-state index is 11.9. The molecule has 0 saturated carbocycles. The predicted octanol–water partition coefficient (Wildman–Crippen LogP) is 0.853. The fourth-order valence-electron chi connectivity index (χ4n) is 2.63. The van der Waals surface area contributed by atoms with Crippen molar-refractivity contribution in [1.82, 2.24) is 10.2 Å². The van der Waals surface area contributed by atoms with Crippen LogP contribution in [-0.4, -0.2) is 36.5 Å². The van der Waals surface area contributed by atoms with Gasteiger partial charge in [0.2, 0.25) is 5.91 Å². The molecule has 80 valence electrons. The highest BCUT2D eigenvalue weighted by Crippen LogP contribution is 2.27. The lowest BCUT2D eigenvalue weighted by molar-refractivity contribution is -0.132. The second-order valence-electron chi connectivity index (χ2n) is 4.96. The van der Waals surface area contributed by atoms with Crippen molar-refractivity contribution in [3.63, 3.8) is 0 Å². The summed E-state index contributed by atoms with van der Waals surface area (Å²) in [5, 5.41) is 3.37. The highest BCUT2D eigenvalue weighted by Gasteiger charge is 2.39. The molecule has 0 aromatic heterocycles. The van der Waals surface area contributed by atoms with Gasteiger partial charge in [-0.15, -0.1) is 0 Å². The molecule has 0 bridgehead atoms. The normalized spacial score (nSPS) is 31.2. The molecule has 0 aromatic carbocycles. The minimum absolute atomic E-state index is 0.358. The van der Waals surface area contributed by atoms with Crippen molar-refractivity contribution in [3.8, 4) is 0 Å². The standard InChI is InChI=1S/C11H20N2O/c1-8(2)5-11(14)13-4-3-9-6-12-7-10(9)13/h8-10,12H,3-7H2,1-2H3. The average Bonchev–Trinajstić information content (AvgIpc) is 2.59. The van der Waals surface area contributed by atoms with Gasteiger partial charge in [-0.05, 0) is 18.3 Å². The van der Waals surface area contributed by atoms with Gasteiger partial charge in [0, 0.05) is 32.1 Å². The maximum Gasteiger partial charge on any atom is 0.223 e. The van der Waals surface area contributed by atoms with E-state index in [0.717, 1.165) is 25.6 Å². The van der Waals surface area contributed by atoms with Gasteiger partial charge in [-0.2, -0.15) is 0 Å². The van der Waals surface area contributed by atoms with E-state index in [1.54, 1.807) is 0 Å². The number of fused-ring (bicyclic) bond motifs is 1. The molecule has 2 saturated heterocycles. The summed E-state index contributed by atoms with van der Waals surface area (Å²) in [5.74, 6) is 1.57. The topological polar surface area (TPSA) is 32.3 Å². The van der Waals surface area contributed by atoms with Crippen molar-refractivity contribution >= 4 is 5.91 Å². The van der Waals surface area contributed by atoms with E-state index in [1.165, 1.54) is 6.42 Å². The van der Waals surface area contributed by atoms with E-state index in [-0.39, 0.29) is 0 Å². The number of likely N-dealkylation sites (tertiary alicyclic amines) is 1. The number of hydrogen-bond donors (Lipinski definition) is 1. The third-order valence-electron chi connectivity index (χ3n) is 3.35. The van der Waals surface area contributed by atoms with Crippen molar-refractivity contribution < 1.29 is 4.79 Å². The Morgan fingerprint density at radius 2 is 2.29 bits per heavy atom. The number of nitrogens with zero attached hydrogens (tertiary/aromatic N) is 1. The monoisotopic (exact) mass is 196 g/mol. The smallest absolute Gasteiger partial charge is 0.223 e. The quantitative estimate of drug-likeness (QED) is 0.710. The highest BCUT2D eigenvalue weighted by molar-refractivity contribution is 5.77. The summed E-state index contributed by atoms with van der Waals surface area (Å²) in [6.07, 6.45) is 1.91. The van der Waals surface area contributed by atoms with Gasteiger partial charge in [-0.3, -0.25) is 4.79 Å². The predicted molar refractivity (Wildman–Crippen MR) is 55.9 cm³/mol. The summed E-state index contributed by atoms with van der Waals surface area (Å²) in [6.45, 7) is 7.32. The molecule has 0 radical (unpaired) electrons. The van der Waals surface area contributed by atoms with E-state index in [4.69, 9.17) is 0 Å². The van der Waals surface area contributed by atoms with Crippen LogP contribution < -0.4 is 5.32 Å². The van der Waals surface area contributed by atoms with Crippen LogP contribution in [0.3, 0.4) is 0 Å². The van der Waals surface area contributed by atoms with Gasteiger partial charge < -0.3 is 10.2 Å². The fourth-order valence-corrected chi connectivity index (χ4v) is 2.63. The molecule has 14 heavy (non-hydrogen) atoms. The number of amides is 1. The fraction of sp³-hybridized carbons (Fsp3) is 0.909. The second kappa shape index (κ2) is 3.89. The summed E-state index contributed by atoms with van der Waals surface area (Å²) in [7, 11) is 0. The first-order valence-electron chi connectivity index (χ1n) is 5.68. The van der Waals surface area contributed by atoms with E-state index >= 15 is 0 Å². The van der Waals surface area contributed by atoms with E-state index in [2.05, 4.69) is 24.1 Å². The van der Waals surface area contributed by atoms with Gasteiger partial charge in [0.05, 0.1) is 0 Å². The van der Waals surface area contributed by atoms with Crippen LogP contribution in [0.5, 0.6) is 0 Å². The first-order valence-corrected chi connectivity index (χ1v) is 5.68. The molecular weight excluding hydrogens is 176 g/mol. The van der Waals surface area contributed by atoms with E-state index in [9.17, 15) is 4.79 Å². The summed E-state index contributed by atoms with van der Waals surface area (Å²) < 4.78 is 0. The SMILES string of the molecule is CC(C)CC(=O)N1CCC2CNCC21. The lowest BCUT2D eigenvalue weighted by atomic mass is 10.0. The Morgan fingerprint density at radius 3 is 3.00 bits per heavy atom. The molecule has 3 nitrogen and oxygen atoms in total. The van der Waals surface area contributed by atoms with Crippen molar-refractivity contribution in [3.05, 3.63) is 0 Å². The number of rotatable bonds is 2. The van der Waals surface area contributed by atoms with E-state index in [0.29, 0.717) is 24.3 Å². The number of hydrogen-bond acceptors (Lipinski definition) is 2. The Morgan fingerprint density at radius 1 is 1.50 bits per heavy atom. The summed E-state index contributed by atoms with van der Waals surface area (Å²) in [6, 6.07) is 0.501. The molecule has 2 heterocycles. The molecule has 2 atom stereocenters. The van der Waals surface area contributed by atoms with E-state index < -0.39 is 0 Å². The molecule has 0 aromatic rings. The van der Waals surface area contributed by atoms with Crippen LogP contribution in [0.4, 0.5) is 0 Å². The zero-order valence-electron chi connectivity index (χ0n) is 9.12. The van der Waals surface area contributed by atoms with Crippen LogP contribution in [-0.2, 0) is 4.79 Å². The first-order chi connectivity index (χ1) is 6.68. The molecule has 2 aliphatic heterocycles. The molecule has 1 amide bonds. The van der Waals surface area contributed by atoms with Gasteiger partial charge in [0.1, 0.15) is 0 Å². The third-order valence-corrected chi connectivity index (χ3v) is 3.35. The number of nitrogens with one attached hydrogen (secondary N) is 1. The summed E-state index contributed by atoms with van der Waals surface area (Å²) in [4.78, 5) is 14.0. The van der Waals surface area contributed by atoms with Crippen molar-refractivity contribution in [2.45, 2.75) is 32.7 Å².